The van der Waals surface area contributed by atoms with E-state index >= 15 is 0 Å². The second-order valence-corrected chi connectivity index (χ2v) is 7.28. The SMILES string of the molecule is CCC1CNC2(CCCC2)CN1C1CCCC(OC)C1. The van der Waals surface area contributed by atoms with Crippen LogP contribution < -0.4 is 5.32 Å². The highest BCUT2D eigenvalue weighted by Crippen LogP contribution is 2.36. The van der Waals surface area contributed by atoms with Crippen molar-refractivity contribution in [2.75, 3.05) is 20.2 Å². The van der Waals surface area contributed by atoms with Gasteiger partial charge >= 0.3 is 0 Å². The zero-order valence-electron chi connectivity index (χ0n) is 13.4. The average Bonchev–Trinajstić information content (AvgIpc) is 2.95. The lowest BCUT2D eigenvalue weighted by Gasteiger charge is -2.51. The van der Waals surface area contributed by atoms with E-state index in [1.807, 2.05) is 7.11 Å². The van der Waals surface area contributed by atoms with Gasteiger partial charge in [-0.15, -0.1) is 0 Å². The lowest BCUT2D eigenvalue weighted by atomic mass is 9.85. The van der Waals surface area contributed by atoms with E-state index < -0.39 is 0 Å². The molecule has 0 aromatic heterocycles. The van der Waals surface area contributed by atoms with Gasteiger partial charge in [0.2, 0.25) is 0 Å². The van der Waals surface area contributed by atoms with Crippen molar-refractivity contribution in [2.24, 2.45) is 0 Å². The predicted molar refractivity (Wildman–Crippen MR) is 83.0 cm³/mol. The molecule has 3 nitrogen and oxygen atoms in total. The zero-order chi connectivity index (χ0) is 14.0. The van der Waals surface area contributed by atoms with Crippen LogP contribution in [-0.2, 0) is 4.74 Å². The largest absolute Gasteiger partial charge is 0.381 e. The minimum absolute atomic E-state index is 0.450. The van der Waals surface area contributed by atoms with Crippen LogP contribution in [0.5, 0.6) is 0 Å². The highest BCUT2D eigenvalue weighted by molar-refractivity contribution is 5.02. The maximum atomic E-state index is 5.66. The fraction of sp³-hybridized carbons (Fsp3) is 1.00. The van der Waals surface area contributed by atoms with Crippen molar-refractivity contribution in [2.45, 2.75) is 88.4 Å². The van der Waals surface area contributed by atoms with Crippen LogP contribution in [0.25, 0.3) is 0 Å². The highest BCUT2D eigenvalue weighted by atomic mass is 16.5. The Bertz CT molecular complexity index is 314. The summed E-state index contributed by atoms with van der Waals surface area (Å²) in [7, 11) is 1.89. The fourth-order valence-electron chi connectivity index (χ4n) is 4.81. The van der Waals surface area contributed by atoms with Crippen LogP contribution in [0.4, 0.5) is 0 Å². The van der Waals surface area contributed by atoms with Gasteiger partial charge in [-0.25, -0.2) is 0 Å². The first-order chi connectivity index (χ1) is 9.76. The maximum Gasteiger partial charge on any atom is 0.0586 e. The average molecular weight is 280 g/mol. The third-order valence-electron chi connectivity index (χ3n) is 6.10. The Labute approximate surface area is 124 Å². The van der Waals surface area contributed by atoms with Gasteiger partial charge < -0.3 is 10.1 Å². The van der Waals surface area contributed by atoms with Gasteiger partial charge in [-0.3, -0.25) is 4.90 Å². The molecule has 0 aromatic carbocycles. The summed E-state index contributed by atoms with van der Waals surface area (Å²) in [6, 6.07) is 1.50. The molecule has 116 valence electrons. The zero-order valence-corrected chi connectivity index (χ0v) is 13.4. The number of hydrogen-bond donors (Lipinski definition) is 1. The molecule has 20 heavy (non-hydrogen) atoms. The van der Waals surface area contributed by atoms with E-state index in [0.717, 1.165) is 12.1 Å². The summed E-state index contributed by atoms with van der Waals surface area (Å²) in [5.41, 5.74) is 0.450. The lowest BCUT2D eigenvalue weighted by molar-refractivity contribution is -0.0154. The first-order valence-electron chi connectivity index (χ1n) is 8.80. The molecule has 1 aliphatic heterocycles. The van der Waals surface area contributed by atoms with Gasteiger partial charge in [0, 0.05) is 37.8 Å². The Morgan fingerprint density at radius 1 is 1.20 bits per heavy atom. The van der Waals surface area contributed by atoms with E-state index in [9.17, 15) is 0 Å². The Hall–Kier alpha value is -0.120. The number of hydrogen-bond acceptors (Lipinski definition) is 3. The molecule has 3 heteroatoms. The first kappa shape index (κ1) is 14.8. The van der Waals surface area contributed by atoms with Crippen molar-refractivity contribution >= 4 is 0 Å². The van der Waals surface area contributed by atoms with E-state index in [4.69, 9.17) is 4.74 Å². The van der Waals surface area contributed by atoms with Crippen LogP contribution in [0, 0.1) is 0 Å². The van der Waals surface area contributed by atoms with Crippen molar-refractivity contribution in [3.8, 4) is 0 Å². The van der Waals surface area contributed by atoms with Gasteiger partial charge in [-0.05, 0) is 44.9 Å². The van der Waals surface area contributed by atoms with Gasteiger partial charge in [0.15, 0.2) is 0 Å². The van der Waals surface area contributed by atoms with Gasteiger partial charge in [-0.1, -0.05) is 19.8 Å². The molecule has 1 N–H and O–H groups in total. The van der Waals surface area contributed by atoms with Gasteiger partial charge in [-0.2, -0.15) is 0 Å². The van der Waals surface area contributed by atoms with Crippen LogP contribution in [-0.4, -0.2) is 48.8 Å². The van der Waals surface area contributed by atoms with Crippen molar-refractivity contribution in [3.05, 3.63) is 0 Å². The maximum absolute atomic E-state index is 5.66. The molecule has 0 aromatic rings. The summed E-state index contributed by atoms with van der Waals surface area (Å²) in [5.74, 6) is 0. The smallest absolute Gasteiger partial charge is 0.0586 e. The Morgan fingerprint density at radius 3 is 2.70 bits per heavy atom. The second kappa shape index (κ2) is 6.33. The normalized spacial score (nSPS) is 38.4. The molecular weight excluding hydrogens is 248 g/mol. The van der Waals surface area contributed by atoms with Crippen LogP contribution in [0.1, 0.15) is 64.7 Å². The van der Waals surface area contributed by atoms with Crippen molar-refractivity contribution in [3.63, 3.8) is 0 Å². The Balaban J connectivity index is 1.70. The summed E-state index contributed by atoms with van der Waals surface area (Å²) < 4.78 is 5.66. The number of ether oxygens (including phenoxy) is 1. The van der Waals surface area contributed by atoms with Crippen molar-refractivity contribution < 1.29 is 4.74 Å². The number of nitrogens with one attached hydrogen (secondary N) is 1. The summed E-state index contributed by atoms with van der Waals surface area (Å²) in [4.78, 5) is 2.87. The van der Waals surface area contributed by atoms with Gasteiger partial charge in [0.05, 0.1) is 6.10 Å². The minimum atomic E-state index is 0.450. The topological polar surface area (TPSA) is 24.5 Å². The molecule has 0 bridgehead atoms. The molecule has 3 unspecified atom stereocenters. The molecule has 0 amide bonds. The highest BCUT2D eigenvalue weighted by Gasteiger charge is 2.43. The van der Waals surface area contributed by atoms with Gasteiger partial charge in [0.1, 0.15) is 0 Å². The van der Waals surface area contributed by atoms with Crippen molar-refractivity contribution in [1.29, 1.82) is 0 Å². The fourth-order valence-corrected chi connectivity index (χ4v) is 4.81. The van der Waals surface area contributed by atoms with E-state index in [1.165, 1.54) is 70.9 Å². The molecule has 3 fully saturated rings. The molecule has 3 rings (SSSR count). The summed E-state index contributed by atoms with van der Waals surface area (Å²) >= 11 is 0. The summed E-state index contributed by atoms with van der Waals surface area (Å²) in [6.45, 7) is 4.83. The lowest BCUT2D eigenvalue weighted by Crippen LogP contribution is -2.65. The van der Waals surface area contributed by atoms with E-state index in [2.05, 4.69) is 17.1 Å². The van der Waals surface area contributed by atoms with Crippen molar-refractivity contribution in [1.82, 2.24) is 10.2 Å². The molecule has 1 heterocycles. The standard InChI is InChI=1S/C17H32N2O/c1-3-14-12-18-17(9-4-5-10-17)13-19(14)15-7-6-8-16(11-15)20-2/h14-16,18H,3-13H2,1-2H3. The van der Waals surface area contributed by atoms with Crippen LogP contribution in [0.2, 0.25) is 0 Å². The molecule has 2 saturated carbocycles. The number of rotatable bonds is 3. The third-order valence-corrected chi connectivity index (χ3v) is 6.10. The Morgan fingerprint density at radius 2 is 2.00 bits per heavy atom. The number of piperazine rings is 1. The van der Waals surface area contributed by atoms with Crippen LogP contribution >= 0.6 is 0 Å². The monoisotopic (exact) mass is 280 g/mol. The van der Waals surface area contributed by atoms with E-state index in [0.29, 0.717) is 11.6 Å². The summed E-state index contributed by atoms with van der Waals surface area (Å²) in [5, 5.41) is 3.92. The molecule has 2 aliphatic carbocycles. The number of nitrogens with zero attached hydrogens (tertiary/aromatic N) is 1. The quantitative estimate of drug-likeness (QED) is 0.860. The first-order valence-corrected chi connectivity index (χ1v) is 8.80. The minimum Gasteiger partial charge on any atom is -0.381 e. The molecule has 0 radical (unpaired) electrons. The number of methoxy groups -OCH3 is 1. The molecule has 1 saturated heterocycles. The third kappa shape index (κ3) is 2.90. The predicted octanol–water partition coefficient (Wildman–Crippen LogP) is 2.94. The Kier molecular flexibility index (Phi) is 4.68. The molecule has 1 spiro atoms. The van der Waals surface area contributed by atoms with Crippen LogP contribution in [0.15, 0.2) is 0 Å². The van der Waals surface area contributed by atoms with Crippen LogP contribution in [0.3, 0.4) is 0 Å². The molecule has 3 atom stereocenters. The second-order valence-electron chi connectivity index (χ2n) is 7.28. The van der Waals surface area contributed by atoms with Gasteiger partial charge in [0.25, 0.3) is 0 Å². The molecule has 3 aliphatic rings. The van der Waals surface area contributed by atoms with E-state index in [1.54, 1.807) is 0 Å². The van der Waals surface area contributed by atoms with E-state index in [-0.39, 0.29) is 0 Å². The molecular formula is C17H32N2O. The summed E-state index contributed by atoms with van der Waals surface area (Å²) in [6.07, 6.45) is 12.6.